The summed E-state index contributed by atoms with van der Waals surface area (Å²) in [5, 5.41) is 6.13. The molecular weight excluding hydrogens is 318 g/mol. The van der Waals surface area contributed by atoms with Crippen LogP contribution in [-0.4, -0.2) is 18.6 Å². The molecule has 2 aromatic rings. The van der Waals surface area contributed by atoms with Gasteiger partial charge in [-0.15, -0.1) is 0 Å². The van der Waals surface area contributed by atoms with Crippen LogP contribution in [0.25, 0.3) is 0 Å². The molecule has 1 aromatic carbocycles. The highest BCUT2D eigenvalue weighted by Gasteiger charge is 2.20. The van der Waals surface area contributed by atoms with Crippen molar-refractivity contribution in [3.8, 4) is 0 Å². The lowest BCUT2D eigenvalue weighted by atomic mass is 10.1. The van der Waals surface area contributed by atoms with Gasteiger partial charge in [0, 0.05) is 10.5 Å². The van der Waals surface area contributed by atoms with Gasteiger partial charge in [0.15, 0.2) is 5.03 Å². The Bertz CT molecular complexity index is 625. The fraction of sp³-hybridized carbons (Fsp3) is 0.182. The van der Waals surface area contributed by atoms with Crippen molar-refractivity contribution in [3.05, 3.63) is 46.6 Å². The number of sulfonamides is 1. The van der Waals surface area contributed by atoms with E-state index in [1.54, 1.807) is 6.92 Å². The maximum Gasteiger partial charge on any atom is 0.258 e. The molecule has 0 fully saturated rings. The van der Waals surface area contributed by atoms with E-state index in [0.29, 0.717) is 0 Å². The fourth-order valence-corrected chi connectivity index (χ4v) is 3.34. The van der Waals surface area contributed by atoms with Crippen molar-refractivity contribution in [2.24, 2.45) is 0 Å². The second kappa shape index (κ2) is 5.21. The number of aromatic nitrogens is 2. The quantitative estimate of drug-likeness (QED) is 0.903. The molecule has 0 aliphatic rings. The summed E-state index contributed by atoms with van der Waals surface area (Å²) in [4.78, 5) is 0. The van der Waals surface area contributed by atoms with Crippen LogP contribution in [0.1, 0.15) is 18.5 Å². The largest absolute Gasteiger partial charge is 0.266 e. The number of H-pyrrole nitrogens is 1. The lowest BCUT2D eigenvalue weighted by molar-refractivity contribution is 0.562. The Hall–Kier alpha value is -1.18. The Labute approximate surface area is 114 Å². The number of aromatic amines is 1. The molecule has 1 atom stereocenters. The molecule has 1 heterocycles. The molecule has 0 saturated heterocycles. The van der Waals surface area contributed by atoms with Gasteiger partial charge in [-0.3, -0.25) is 5.10 Å². The summed E-state index contributed by atoms with van der Waals surface area (Å²) >= 11 is 3.40. The fourth-order valence-electron chi connectivity index (χ4n) is 1.58. The second-order valence-corrected chi connectivity index (χ2v) is 6.32. The molecule has 0 aliphatic heterocycles. The molecule has 7 heteroatoms. The Morgan fingerprint density at radius 2 is 2.06 bits per heavy atom. The predicted octanol–water partition coefficient (Wildman–Crippen LogP) is 2.21. The molecule has 2 N–H and O–H groups in total. The van der Waals surface area contributed by atoms with E-state index in [1.165, 1.54) is 12.3 Å². The van der Waals surface area contributed by atoms with E-state index < -0.39 is 10.0 Å². The van der Waals surface area contributed by atoms with Crippen molar-refractivity contribution in [2.45, 2.75) is 18.0 Å². The van der Waals surface area contributed by atoms with Gasteiger partial charge in [0.25, 0.3) is 10.0 Å². The number of rotatable bonds is 4. The Balaban J connectivity index is 2.23. The van der Waals surface area contributed by atoms with E-state index in [0.717, 1.165) is 10.0 Å². The minimum absolute atomic E-state index is 0.0569. The van der Waals surface area contributed by atoms with E-state index in [4.69, 9.17) is 0 Å². The van der Waals surface area contributed by atoms with E-state index in [-0.39, 0.29) is 11.1 Å². The first kappa shape index (κ1) is 13.3. The van der Waals surface area contributed by atoms with Crippen LogP contribution in [0.15, 0.2) is 46.0 Å². The third kappa shape index (κ3) is 2.80. The molecule has 18 heavy (non-hydrogen) atoms. The van der Waals surface area contributed by atoms with E-state index in [9.17, 15) is 8.42 Å². The summed E-state index contributed by atoms with van der Waals surface area (Å²) in [6, 6.07) is 8.55. The maximum atomic E-state index is 12.0. The SMILES string of the molecule is CC(NS(=O)(=O)c1ccn[nH]1)c1ccccc1Br. The van der Waals surface area contributed by atoms with Gasteiger partial charge in [-0.2, -0.15) is 5.10 Å². The highest BCUT2D eigenvalue weighted by molar-refractivity contribution is 9.10. The van der Waals surface area contributed by atoms with Crippen LogP contribution in [0.4, 0.5) is 0 Å². The van der Waals surface area contributed by atoms with Crippen molar-refractivity contribution in [1.82, 2.24) is 14.9 Å². The van der Waals surface area contributed by atoms with E-state index in [2.05, 4.69) is 30.8 Å². The standard InChI is InChI=1S/C11H12BrN3O2S/c1-8(9-4-2-3-5-10(9)12)15-18(16,17)11-6-7-13-14-11/h2-8,15H,1H3,(H,13,14). The smallest absolute Gasteiger partial charge is 0.258 e. The lowest BCUT2D eigenvalue weighted by Crippen LogP contribution is -2.27. The van der Waals surface area contributed by atoms with Gasteiger partial charge in [-0.25, -0.2) is 13.1 Å². The molecule has 0 radical (unpaired) electrons. The van der Waals surface area contributed by atoms with Crippen LogP contribution in [0.5, 0.6) is 0 Å². The van der Waals surface area contributed by atoms with Crippen molar-refractivity contribution in [3.63, 3.8) is 0 Å². The Morgan fingerprint density at radius 1 is 1.33 bits per heavy atom. The van der Waals surface area contributed by atoms with Crippen LogP contribution in [0, 0.1) is 0 Å². The number of benzene rings is 1. The van der Waals surface area contributed by atoms with Gasteiger partial charge in [-0.05, 0) is 24.6 Å². The second-order valence-electron chi connectivity index (χ2n) is 3.79. The first-order valence-electron chi connectivity index (χ1n) is 5.27. The lowest BCUT2D eigenvalue weighted by Gasteiger charge is -2.15. The molecule has 96 valence electrons. The number of hydrogen-bond acceptors (Lipinski definition) is 3. The van der Waals surface area contributed by atoms with Gasteiger partial charge < -0.3 is 0 Å². The van der Waals surface area contributed by atoms with Crippen molar-refractivity contribution in [2.75, 3.05) is 0 Å². The summed E-state index contributed by atoms with van der Waals surface area (Å²) in [7, 11) is -3.57. The van der Waals surface area contributed by atoms with Crippen LogP contribution in [-0.2, 0) is 10.0 Å². The summed E-state index contributed by atoms with van der Waals surface area (Å²) in [6.07, 6.45) is 1.40. The molecule has 2 rings (SSSR count). The van der Waals surface area contributed by atoms with Crippen LogP contribution in [0.2, 0.25) is 0 Å². The summed E-state index contributed by atoms with van der Waals surface area (Å²) in [5.74, 6) is 0. The zero-order chi connectivity index (χ0) is 13.2. The van der Waals surface area contributed by atoms with Crippen molar-refractivity contribution in [1.29, 1.82) is 0 Å². The van der Waals surface area contributed by atoms with Gasteiger partial charge >= 0.3 is 0 Å². The van der Waals surface area contributed by atoms with Gasteiger partial charge in [0.2, 0.25) is 0 Å². The summed E-state index contributed by atoms with van der Waals surface area (Å²) in [5.41, 5.74) is 0.876. The van der Waals surface area contributed by atoms with Crippen LogP contribution < -0.4 is 4.72 Å². The normalized spacial score (nSPS) is 13.4. The molecule has 1 unspecified atom stereocenters. The first-order chi connectivity index (χ1) is 8.50. The van der Waals surface area contributed by atoms with Crippen LogP contribution in [0.3, 0.4) is 0 Å². The molecule has 0 amide bonds. The molecule has 0 bridgehead atoms. The molecule has 0 aliphatic carbocycles. The van der Waals surface area contributed by atoms with E-state index in [1.807, 2.05) is 24.3 Å². The van der Waals surface area contributed by atoms with Crippen LogP contribution >= 0.6 is 15.9 Å². The van der Waals surface area contributed by atoms with Gasteiger partial charge in [-0.1, -0.05) is 34.1 Å². The van der Waals surface area contributed by atoms with Gasteiger partial charge in [0.05, 0.1) is 6.20 Å². The van der Waals surface area contributed by atoms with Crippen molar-refractivity contribution < 1.29 is 8.42 Å². The highest BCUT2D eigenvalue weighted by atomic mass is 79.9. The number of hydrogen-bond donors (Lipinski definition) is 2. The topological polar surface area (TPSA) is 74.8 Å². The zero-order valence-corrected chi connectivity index (χ0v) is 12.0. The molecule has 5 nitrogen and oxygen atoms in total. The van der Waals surface area contributed by atoms with E-state index >= 15 is 0 Å². The number of halogens is 1. The van der Waals surface area contributed by atoms with Crippen molar-refractivity contribution >= 4 is 26.0 Å². The summed E-state index contributed by atoms with van der Waals surface area (Å²) in [6.45, 7) is 1.79. The predicted molar refractivity (Wildman–Crippen MR) is 71.5 cm³/mol. The van der Waals surface area contributed by atoms with Gasteiger partial charge in [0.1, 0.15) is 0 Å². The first-order valence-corrected chi connectivity index (χ1v) is 7.54. The molecule has 1 aromatic heterocycles. The zero-order valence-electron chi connectivity index (χ0n) is 9.59. The Kier molecular flexibility index (Phi) is 3.84. The molecular formula is C11H12BrN3O2S. The monoisotopic (exact) mass is 329 g/mol. The minimum Gasteiger partial charge on any atom is -0.266 e. The summed E-state index contributed by atoms with van der Waals surface area (Å²) < 4.78 is 27.4. The third-order valence-corrected chi connectivity index (χ3v) is 4.66. The molecule has 0 spiro atoms. The number of nitrogens with one attached hydrogen (secondary N) is 2. The highest BCUT2D eigenvalue weighted by Crippen LogP contribution is 2.23. The third-order valence-electron chi connectivity index (χ3n) is 2.47. The number of nitrogens with zero attached hydrogens (tertiary/aromatic N) is 1. The minimum atomic E-state index is -3.57. The molecule has 0 saturated carbocycles. The average molecular weight is 330 g/mol. The average Bonchev–Trinajstić information content (AvgIpc) is 2.82. The Morgan fingerprint density at radius 3 is 2.67 bits per heavy atom. The maximum absolute atomic E-state index is 12.0.